The highest BCUT2D eigenvalue weighted by molar-refractivity contribution is 5.77. The van der Waals surface area contributed by atoms with Crippen LogP contribution in [-0.2, 0) is 104 Å². The maximum Gasteiger partial charge on any atom is 0.364 e. The summed E-state index contributed by atoms with van der Waals surface area (Å²) in [6, 6.07) is -1.30. The largest absolute Gasteiger partial charge is 0.479 e. The fourth-order valence-corrected chi connectivity index (χ4v) is 16.0. The fraction of sp³-hybridized carbons (Fsp3) is 0.956. The number of aliphatic hydroxyl groups is 34. The molecule has 0 aromatic rings. The Labute approximate surface area is 718 Å². The van der Waals surface area contributed by atoms with Crippen LogP contribution in [-0.4, -0.2) is 597 Å². The fourth-order valence-electron chi connectivity index (χ4n) is 16.0. The molecule has 60 nitrogen and oxygen atoms in total. The summed E-state index contributed by atoms with van der Waals surface area (Å²) in [5.41, 5.74) is 5.80. The minimum atomic E-state index is -3.85. The van der Waals surface area contributed by atoms with Crippen molar-refractivity contribution in [3.8, 4) is 0 Å². The van der Waals surface area contributed by atoms with Crippen molar-refractivity contribution in [3.05, 3.63) is 0 Å². The SMILES string of the molecule is N[C@H]1COC(OC[C@@H](O)[C@H]2O[C@@](O)(C(=O)O)C[C@@H](O[C@]3(C(=O)O)C[C@@H](O)[C@@H](O)[C@@H]([C@H](O)CO)O3)[C@H]2O[C@H]2O[C@H]([C@@H](O)CO)[C@@H](O[C@@H]3O[C@H](CO)[C@@H](O)[C@H](O)[C@H]3O)[C@H](O[C@H]3O[C@H]([C@@H](O)CO[C@H]4O[C@H]([C@@H](O)CO)[C@@H](O)[C@H](O)[C@@H]4O)[C@@H](O)[C@H](O[C@H]4O[C@H](C(=O)O)[C@H](O)[C@H](O)[C@H]4O[C@H]4O[C@H]([C@H](O)CO)[C@@H](O)[C@H](O)[C@@H]4O[C@H]4O[C@H]([C@@H](O)CO)[C@@H](O)[C@H](O)[C@@H]4O)[C@@H]3O)[C@@H]2O)[C@H](O)[C@H]1O. The minimum Gasteiger partial charge on any atom is -0.479 e. The summed E-state index contributed by atoms with van der Waals surface area (Å²) in [6.45, 7) is -11.6. The normalized spacial score (nSPS) is 49.3. The molecule has 60 heteroatoms. The summed E-state index contributed by atoms with van der Waals surface area (Å²) < 4.78 is 110. The summed E-state index contributed by atoms with van der Waals surface area (Å²) in [6.07, 6.45) is -134. The quantitative estimate of drug-likeness (QED) is 0.0277. The van der Waals surface area contributed by atoms with Gasteiger partial charge in [-0.3, -0.25) is 0 Å². The van der Waals surface area contributed by atoms with Crippen LogP contribution in [0.5, 0.6) is 0 Å². The van der Waals surface area contributed by atoms with Gasteiger partial charge in [0.2, 0.25) is 0 Å². The van der Waals surface area contributed by atoms with E-state index in [0.717, 1.165) is 0 Å². The third-order valence-corrected chi connectivity index (χ3v) is 23.3. The third-order valence-electron chi connectivity index (χ3n) is 23.3. The standard InChI is InChI=1S/C68H113NO59/c69-12-9-110-57(35(96)23(12)84)111-11-20(83)48-49(21(2-67(109,127-48)65(105)106)126-68(66(107)108)1-13(76)24(85)46(128-68)17(80)6-73)119-62-41(102)51(55(47(118-62)18(81)7-74)125-59-37(98)26(87)25(86)22(8-75)113-59)121-61-40(101)50(39(100)45(116-61)19(82)10-112-58-36(97)27(88)29(90)42(114-58)14(77)3-70)120-64-54(34(95)32(93)52(122-64)56(103)104)124-63-53(33(94)31(92)44(117-63)16(79)5-72)123-60-38(99)28(89)30(91)43(115-60)15(78)4-71/h12-55,57-64,70-102,109H,1-11,69H2,(H,103,104)(H,105,106)(H,107,108)/t12-,13+,14-,15-,16+,17+,18-,19-,20+,21+,22+,23-,24+,25+,26-,27-,28-,29-,30-,31-,32+,33-,34-,35+,36-,37+,38-,39+,40-,41-,42+,43+,44+,45+,46+,47+,48+,49+,50-,51+,52-,53-,54+,55+,57?,58-,59-,60+,61+,62+,63+,64-,67+,68+/m0/s1. The number of aliphatic carboxylic acids is 3. The lowest BCUT2D eigenvalue weighted by molar-refractivity contribution is -0.420. The van der Waals surface area contributed by atoms with Gasteiger partial charge < -0.3 is 285 Å². The molecule has 744 valence electrons. The molecule has 10 fully saturated rings. The van der Waals surface area contributed by atoms with Crippen LogP contribution in [0.25, 0.3) is 0 Å². The van der Waals surface area contributed by atoms with Crippen LogP contribution >= 0.6 is 0 Å². The number of carbonyl (C=O) groups is 3. The van der Waals surface area contributed by atoms with Crippen molar-refractivity contribution in [3.63, 3.8) is 0 Å². The van der Waals surface area contributed by atoms with Gasteiger partial charge in [0.25, 0.3) is 11.6 Å². The number of ether oxygens (including phenoxy) is 19. The maximum absolute atomic E-state index is 13.7. The zero-order valence-electron chi connectivity index (χ0n) is 66.4. The van der Waals surface area contributed by atoms with Crippen molar-refractivity contribution >= 4 is 17.9 Å². The Balaban J connectivity index is 1.11. The molecule has 10 aliphatic heterocycles. The molecule has 10 aliphatic rings. The second-order valence-electron chi connectivity index (χ2n) is 32.1. The van der Waals surface area contributed by atoms with Gasteiger partial charge >= 0.3 is 17.9 Å². The lowest BCUT2D eigenvalue weighted by Gasteiger charge is -2.53. The Hall–Kier alpha value is -3.75. The Morgan fingerprint density at radius 3 is 1.25 bits per heavy atom. The number of carboxylic acid groups (broad SMARTS) is 3. The third kappa shape index (κ3) is 22.2. The molecule has 0 amide bonds. The van der Waals surface area contributed by atoms with E-state index in [1.54, 1.807) is 0 Å². The number of rotatable bonds is 36. The Morgan fingerprint density at radius 2 is 0.727 bits per heavy atom. The number of hydrogen-bond acceptors (Lipinski definition) is 57. The second-order valence-corrected chi connectivity index (χ2v) is 32.1. The molecule has 0 spiro atoms. The van der Waals surface area contributed by atoms with E-state index >= 15 is 0 Å². The summed E-state index contributed by atoms with van der Waals surface area (Å²) in [5, 5.41) is 412. The first kappa shape index (κ1) is 106. The molecule has 0 saturated carbocycles. The predicted octanol–water partition coefficient (Wildman–Crippen LogP) is -25.6. The van der Waals surface area contributed by atoms with Crippen LogP contribution in [0.15, 0.2) is 0 Å². The van der Waals surface area contributed by atoms with Crippen molar-refractivity contribution in [2.45, 2.75) is 343 Å². The predicted molar refractivity (Wildman–Crippen MR) is 379 cm³/mol. The van der Waals surface area contributed by atoms with Crippen LogP contribution in [0.2, 0.25) is 0 Å². The summed E-state index contributed by atoms with van der Waals surface area (Å²) in [7, 11) is 0. The zero-order chi connectivity index (χ0) is 95.0. The van der Waals surface area contributed by atoms with Gasteiger partial charge in [-0.15, -0.1) is 0 Å². The highest BCUT2D eigenvalue weighted by Gasteiger charge is 2.66. The second kappa shape index (κ2) is 44.6. The Kier molecular flexibility index (Phi) is 37.0. The summed E-state index contributed by atoms with van der Waals surface area (Å²) >= 11 is 0. The van der Waals surface area contributed by atoms with Crippen LogP contribution in [0.4, 0.5) is 0 Å². The Bertz CT molecular complexity index is 3470. The molecule has 10 heterocycles. The lowest BCUT2D eigenvalue weighted by Crippen LogP contribution is -2.71. The van der Waals surface area contributed by atoms with Crippen molar-refractivity contribution in [2.24, 2.45) is 5.73 Å². The average molecular weight is 1890 g/mol. The van der Waals surface area contributed by atoms with Crippen molar-refractivity contribution < 1.29 is 293 Å². The van der Waals surface area contributed by atoms with Crippen molar-refractivity contribution in [2.75, 3.05) is 59.5 Å². The first-order chi connectivity index (χ1) is 60.1. The molecule has 0 aromatic carbocycles. The monoisotopic (exact) mass is 1890 g/mol. The van der Waals surface area contributed by atoms with Gasteiger partial charge in [-0.1, -0.05) is 0 Å². The minimum absolute atomic E-state index is 0.591. The van der Waals surface area contributed by atoms with Gasteiger partial charge in [-0.2, -0.15) is 0 Å². The van der Waals surface area contributed by atoms with Gasteiger partial charge in [0.1, 0.15) is 244 Å². The van der Waals surface area contributed by atoms with E-state index in [-0.39, 0.29) is 0 Å². The molecule has 1 unspecified atom stereocenters. The van der Waals surface area contributed by atoms with Crippen LogP contribution < -0.4 is 5.73 Å². The van der Waals surface area contributed by atoms with E-state index in [2.05, 4.69) is 0 Å². The Morgan fingerprint density at radius 1 is 0.336 bits per heavy atom. The summed E-state index contributed by atoms with van der Waals surface area (Å²) in [5.74, 6) is -14.5. The lowest BCUT2D eigenvalue weighted by atomic mass is 9.89. The maximum atomic E-state index is 13.7. The molecule has 0 aliphatic carbocycles. The molecule has 10 saturated heterocycles. The van der Waals surface area contributed by atoms with Gasteiger partial charge in [-0.05, 0) is 0 Å². The molecule has 54 atom stereocenters. The zero-order valence-corrected chi connectivity index (χ0v) is 66.4. The summed E-state index contributed by atoms with van der Waals surface area (Å²) in [4.78, 5) is 40.0. The van der Waals surface area contributed by atoms with Crippen LogP contribution in [0, 0.1) is 0 Å². The van der Waals surface area contributed by atoms with E-state index in [1.165, 1.54) is 0 Å². The van der Waals surface area contributed by atoms with E-state index < -0.39 is 421 Å². The van der Waals surface area contributed by atoms with Gasteiger partial charge in [0.05, 0.1) is 77.7 Å². The van der Waals surface area contributed by atoms with E-state index in [1.807, 2.05) is 0 Å². The molecule has 0 bridgehead atoms. The topological polar surface area (TPSA) is 1000 Å². The number of hydrogen-bond donors (Lipinski definition) is 38. The molecule has 10 rings (SSSR count). The van der Waals surface area contributed by atoms with Crippen molar-refractivity contribution in [1.29, 1.82) is 0 Å². The van der Waals surface area contributed by atoms with Gasteiger partial charge in [0.15, 0.2) is 56.4 Å². The highest BCUT2D eigenvalue weighted by atomic mass is 16.8. The average Bonchev–Trinajstić information content (AvgIpc) is 0.745. The number of nitrogens with two attached hydrogens (primary N) is 1. The molecular weight excluding hydrogens is 1770 g/mol. The van der Waals surface area contributed by atoms with Crippen LogP contribution in [0.3, 0.4) is 0 Å². The molecule has 0 radical (unpaired) electrons. The van der Waals surface area contributed by atoms with E-state index in [0.29, 0.717) is 0 Å². The molecular formula is C68H113NO59. The van der Waals surface area contributed by atoms with E-state index in [4.69, 9.17) is 95.7 Å². The number of carboxylic acids is 3. The molecule has 128 heavy (non-hydrogen) atoms. The van der Waals surface area contributed by atoms with Crippen molar-refractivity contribution in [1.82, 2.24) is 0 Å². The van der Waals surface area contributed by atoms with Crippen LogP contribution in [0.1, 0.15) is 12.8 Å². The first-order valence-corrected chi connectivity index (χ1v) is 39.7. The highest BCUT2D eigenvalue weighted by Crippen LogP contribution is 2.45. The van der Waals surface area contributed by atoms with E-state index in [9.17, 15) is 203 Å². The van der Waals surface area contributed by atoms with Gasteiger partial charge in [0, 0.05) is 12.8 Å². The smallest absolute Gasteiger partial charge is 0.364 e. The first-order valence-electron chi connectivity index (χ1n) is 39.7. The molecule has 0 aromatic heterocycles. The van der Waals surface area contributed by atoms with Gasteiger partial charge in [-0.25, -0.2) is 14.4 Å². The number of aliphatic hydroxyl groups excluding tert-OH is 33. The molecule has 39 N–H and O–H groups in total.